The van der Waals surface area contributed by atoms with E-state index in [1.165, 1.54) is 0 Å². The Morgan fingerprint density at radius 3 is 2.54 bits per heavy atom. The zero-order valence-corrected chi connectivity index (χ0v) is 15.6. The van der Waals surface area contributed by atoms with Crippen molar-refractivity contribution in [2.45, 2.75) is 33.3 Å². The van der Waals surface area contributed by atoms with Crippen LogP contribution in [0.25, 0.3) is 33.8 Å². The fourth-order valence-electron chi connectivity index (χ4n) is 3.06. The van der Waals surface area contributed by atoms with Gasteiger partial charge in [-0.25, -0.2) is 9.36 Å². The Bertz CT molecular complexity index is 1010. The number of hydrogen-bond acceptors (Lipinski definition) is 3. The highest BCUT2D eigenvalue weighted by Gasteiger charge is 2.27. The highest BCUT2D eigenvalue weighted by atomic mass is 16.6. The van der Waals surface area contributed by atoms with Crippen LogP contribution in [-0.2, 0) is 4.74 Å². The fourth-order valence-corrected chi connectivity index (χ4v) is 3.06. The number of nitrogens with zero attached hydrogens (tertiary/aromatic N) is 1. The molecule has 0 N–H and O–H groups in total. The summed E-state index contributed by atoms with van der Waals surface area (Å²) in [7, 11) is 0. The van der Waals surface area contributed by atoms with Gasteiger partial charge in [-0.15, -0.1) is 0 Å². The van der Waals surface area contributed by atoms with Gasteiger partial charge in [0.25, 0.3) is 0 Å². The fraction of sp³-hybridized carbons (Fsp3) is 0.227. The molecule has 0 aliphatic carbocycles. The average Bonchev–Trinajstić information content (AvgIpc) is 3.15. The third kappa shape index (κ3) is 2.99. The van der Waals surface area contributed by atoms with E-state index in [0.29, 0.717) is 11.5 Å². The molecule has 134 valence electrons. The molecule has 0 saturated carbocycles. The van der Waals surface area contributed by atoms with Crippen LogP contribution >= 0.6 is 0 Å². The molecule has 0 radical (unpaired) electrons. The summed E-state index contributed by atoms with van der Waals surface area (Å²) < 4.78 is 12.9. The van der Waals surface area contributed by atoms with Crippen LogP contribution < -0.4 is 0 Å². The van der Waals surface area contributed by atoms with Gasteiger partial charge in [-0.2, -0.15) is 0 Å². The van der Waals surface area contributed by atoms with Crippen LogP contribution in [0.3, 0.4) is 0 Å². The van der Waals surface area contributed by atoms with E-state index in [0.717, 1.165) is 27.6 Å². The number of carbonyl (C=O) groups excluding carboxylic acids is 1. The molecular formula is C22H23NO3. The number of rotatable bonds is 3. The molecule has 4 nitrogen and oxygen atoms in total. The maximum Gasteiger partial charge on any atom is 0.419 e. The van der Waals surface area contributed by atoms with E-state index in [4.69, 9.17) is 9.15 Å². The first kappa shape index (κ1) is 17.8. The summed E-state index contributed by atoms with van der Waals surface area (Å²) in [5.41, 5.74) is 3.27. The SMILES string of the molecule is C=Cc1c(-c2ccoc2C(=C)C)n(C(=O)OC(C)(C)C)c2ccccc12. The van der Waals surface area contributed by atoms with E-state index >= 15 is 0 Å². The van der Waals surface area contributed by atoms with Gasteiger partial charge in [0.05, 0.1) is 17.5 Å². The monoisotopic (exact) mass is 349 g/mol. The second-order valence-corrected chi connectivity index (χ2v) is 7.24. The molecule has 0 unspecified atom stereocenters. The molecule has 3 aromatic rings. The van der Waals surface area contributed by atoms with Gasteiger partial charge in [0.1, 0.15) is 11.4 Å². The van der Waals surface area contributed by atoms with Crippen molar-refractivity contribution in [2.75, 3.05) is 0 Å². The van der Waals surface area contributed by atoms with Crippen LogP contribution in [0.5, 0.6) is 0 Å². The van der Waals surface area contributed by atoms with Crippen molar-refractivity contribution in [3.8, 4) is 11.3 Å². The van der Waals surface area contributed by atoms with E-state index in [-0.39, 0.29) is 0 Å². The van der Waals surface area contributed by atoms with E-state index in [1.807, 2.05) is 58.0 Å². The molecule has 0 aliphatic heterocycles. The van der Waals surface area contributed by atoms with Crippen LogP contribution in [-0.4, -0.2) is 16.3 Å². The Balaban J connectivity index is 2.38. The number of para-hydroxylation sites is 1. The largest absolute Gasteiger partial charge is 0.464 e. The molecule has 1 aromatic carbocycles. The summed E-state index contributed by atoms with van der Waals surface area (Å²) in [6.07, 6.45) is 2.92. The van der Waals surface area contributed by atoms with E-state index in [2.05, 4.69) is 13.2 Å². The molecule has 4 heteroatoms. The summed E-state index contributed by atoms with van der Waals surface area (Å²) in [5.74, 6) is 0.640. The Labute approximate surface area is 153 Å². The topological polar surface area (TPSA) is 44.4 Å². The molecule has 3 rings (SSSR count). The minimum atomic E-state index is -0.609. The molecule has 0 spiro atoms. The number of fused-ring (bicyclic) bond motifs is 1. The minimum absolute atomic E-state index is 0.439. The maximum atomic E-state index is 13.1. The number of carbonyl (C=O) groups is 1. The molecule has 26 heavy (non-hydrogen) atoms. The van der Waals surface area contributed by atoms with Crippen LogP contribution in [0.2, 0.25) is 0 Å². The molecule has 0 amide bonds. The highest BCUT2D eigenvalue weighted by Crippen LogP contribution is 2.38. The van der Waals surface area contributed by atoms with Gasteiger partial charge in [0.2, 0.25) is 0 Å². The van der Waals surface area contributed by atoms with Crippen LogP contribution in [0.1, 0.15) is 39.0 Å². The van der Waals surface area contributed by atoms with Crippen LogP contribution in [0.4, 0.5) is 4.79 Å². The van der Waals surface area contributed by atoms with Gasteiger partial charge in [0, 0.05) is 16.5 Å². The van der Waals surface area contributed by atoms with Gasteiger partial charge in [-0.05, 0) is 45.4 Å². The third-order valence-electron chi connectivity index (χ3n) is 4.00. The summed E-state index contributed by atoms with van der Waals surface area (Å²) >= 11 is 0. The second-order valence-electron chi connectivity index (χ2n) is 7.24. The van der Waals surface area contributed by atoms with Crippen LogP contribution in [0, 0.1) is 0 Å². The van der Waals surface area contributed by atoms with Crippen molar-refractivity contribution in [1.29, 1.82) is 0 Å². The highest BCUT2D eigenvalue weighted by molar-refractivity contribution is 6.04. The average molecular weight is 349 g/mol. The van der Waals surface area contributed by atoms with Crippen molar-refractivity contribution >= 4 is 28.6 Å². The normalized spacial score (nSPS) is 11.5. The minimum Gasteiger partial charge on any atom is -0.464 e. The lowest BCUT2D eigenvalue weighted by molar-refractivity contribution is 0.0547. The van der Waals surface area contributed by atoms with Crippen molar-refractivity contribution in [3.63, 3.8) is 0 Å². The first-order valence-electron chi connectivity index (χ1n) is 8.47. The molecule has 2 aromatic heterocycles. The first-order valence-corrected chi connectivity index (χ1v) is 8.47. The number of allylic oxidation sites excluding steroid dienone is 1. The van der Waals surface area contributed by atoms with Gasteiger partial charge in [-0.1, -0.05) is 37.4 Å². The lowest BCUT2D eigenvalue weighted by Gasteiger charge is -2.21. The van der Waals surface area contributed by atoms with Gasteiger partial charge < -0.3 is 9.15 Å². The first-order chi connectivity index (χ1) is 12.2. The number of aromatic nitrogens is 1. The molecule has 0 saturated heterocycles. The smallest absolute Gasteiger partial charge is 0.419 e. The van der Waals surface area contributed by atoms with Gasteiger partial charge >= 0.3 is 6.09 Å². The molecule has 0 atom stereocenters. The summed E-state index contributed by atoms with van der Waals surface area (Å²) in [4.78, 5) is 13.1. The molecule has 0 fully saturated rings. The quantitative estimate of drug-likeness (QED) is 0.552. The van der Waals surface area contributed by atoms with E-state index in [9.17, 15) is 4.79 Å². The third-order valence-corrected chi connectivity index (χ3v) is 4.00. The molecule has 0 bridgehead atoms. The van der Waals surface area contributed by atoms with E-state index < -0.39 is 11.7 Å². The van der Waals surface area contributed by atoms with Crippen molar-refractivity contribution in [1.82, 2.24) is 4.57 Å². The maximum absolute atomic E-state index is 13.1. The Hall–Kier alpha value is -3.01. The van der Waals surface area contributed by atoms with Crippen molar-refractivity contribution in [3.05, 3.63) is 61.1 Å². The van der Waals surface area contributed by atoms with Gasteiger partial charge in [-0.3, -0.25) is 0 Å². The molecular weight excluding hydrogens is 326 g/mol. The van der Waals surface area contributed by atoms with Crippen molar-refractivity contribution < 1.29 is 13.9 Å². The van der Waals surface area contributed by atoms with Crippen LogP contribution in [0.15, 0.2) is 54.2 Å². The standard InChI is InChI=1S/C22H23NO3/c1-7-15-16-10-8-9-11-18(16)23(21(24)26-22(4,5)6)19(15)17-12-13-25-20(17)14(2)3/h7-13H,1-2H2,3-6H3. The predicted molar refractivity (Wildman–Crippen MR) is 106 cm³/mol. The zero-order valence-electron chi connectivity index (χ0n) is 15.6. The molecule has 0 aliphatic rings. The van der Waals surface area contributed by atoms with Gasteiger partial charge in [0.15, 0.2) is 0 Å². The second kappa shape index (κ2) is 6.37. The number of hydrogen-bond donors (Lipinski definition) is 0. The number of furan rings is 1. The number of benzene rings is 1. The lowest BCUT2D eigenvalue weighted by Crippen LogP contribution is -2.27. The Morgan fingerprint density at radius 2 is 1.92 bits per heavy atom. The predicted octanol–water partition coefficient (Wildman–Crippen LogP) is 6.36. The zero-order chi connectivity index (χ0) is 19.1. The molecule has 2 heterocycles. The lowest BCUT2D eigenvalue weighted by atomic mass is 10.0. The number of ether oxygens (including phenoxy) is 1. The summed E-state index contributed by atoms with van der Waals surface area (Å²) in [5, 5.41) is 0.928. The van der Waals surface area contributed by atoms with Crippen molar-refractivity contribution in [2.24, 2.45) is 0 Å². The summed E-state index contributed by atoms with van der Waals surface area (Å²) in [6.45, 7) is 15.4. The van der Waals surface area contributed by atoms with E-state index in [1.54, 1.807) is 16.9 Å². The Kier molecular flexibility index (Phi) is 4.36. The summed E-state index contributed by atoms with van der Waals surface area (Å²) in [6, 6.07) is 9.54. The Morgan fingerprint density at radius 1 is 1.23 bits per heavy atom.